The van der Waals surface area contributed by atoms with Crippen LogP contribution in [0.4, 0.5) is 0 Å². The third-order valence-corrected chi connectivity index (χ3v) is 1.98. The SMILES string of the molecule is CC(C)n1ccnc(OCCCN)c1=O. The first-order valence-corrected chi connectivity index (χ1v) is 5.07. The minimum Gasteiger partial charge on any atom is -0.474 e. The van der Waals surface area contributed by atoms with Crippen LogP contribution in [0.3, 0.4) is 0 Å². The second-order valence-corrected chi connectivity index (χ2v) is 3.53. The Morgan fingerprint density at radius 2 is 2.33 bits per heavy atom. The number of rotatable bonds is 5. The normalized spacial score (nSPS) is 10.7. The topological polar surface area (TPSA) is 70.1 Å². The highest BCUT2D eigenvalue weighted by Gasteiger charge is 2.07. The molecule has 0 bridgehead atoms. The summed E-state index contributed by atoms with van der Waals surface area (Å²) in [6.07, 6.45) is 3.94. The molecule has 15 heavy (non-hydrogen) atoms. The fourth-order valence-electron chi connectivity index (χ4n) is 1.16. The van der Waals surface area contributed by atoms with Crippen molar-refractivity contribution in [3.8, 4) is 5.88 Å². The molecule has 1 heterocycles. The van der Waals surface area contributed by atoms with Crippen LogP contribution < -0.4 is 16.0 Å². The van der Waals surface area contributed by atoms with E-state index >= 15 is 0 Å². The summed E-state index contributed by atoms with van der Waals surface area (Å²) in [6, 6.07) is 0.109. The molecule has 5 nitrogen and oxygen atoms in total. The Kier molecular flexibility index (Phi) is 4.30. The van der Waals surface area contributed by atoms with Gasteiger partial charge in [0.05, 0.1) is 6.61 Å². The summed E-state index contributed by atoms with van der Waals surface area (Å²) >= 11 is 0. The molecule has 1 aromatic rings. The highest BCUT2D eigenvalue weighted by molar-refractivity contribution is 5.04. The summed E-state index contributed by atoms with van der Waals surface area (Å²) in [5, 5.41) is 0. The zero-order chi connectivity index (χ0) is 11.3. The molecule has 0 atom stereocenters. The van der Waals surface area contributed by atoms with Crippen molar-refractivity contribution in [3.05, 3.63) is 22.7 Å². The molecule has 84 valence electrons. The minimum atomic E-state index is -0.190. The fourth-order valence-corrected chi connectivity index (χ4v) is 1.16. The summed E-state index contributed by atoms with van der Waals surface area (Å²) in [4.78, 5) is 15.6. The average Bonchev–Trinajstić information content (AvgIpc) is 2.20. The molecule has 0 aliphatic heterocycles. The summed E-state index contributed by atoms with van der Waals surface area (Å²) in [5.41, 5.74) is 5.13. The Bertz CT molecular complexity index is 360. The summed E-state index contributed by atoms with van der Waals surface area (Å²) in [5.74, 6) is 0.152. The molecule has 0 aliphatic carbocycles. The van der Waals surface area contributed by atoms with Gasteiger partial charge in [-0.2, -0.15) is 0 Å². The number of nitrogens with zero attached hydrogens (tertiary/aromatic N) is 2. The van der Waals surface area contributed by atoms with Gasteiger partial charge in [0.2, 0.25) is 0 Å². The van der Waals surface area contributed by atoms with Crippen molar-refractivity contribution in [2.45, 2.75) is 26.3 Å². The lowest BCUT2D eigenvalue weighted by molar-refractivity contribution is 0.292. The van der Waals surface area contributed by atoms with E-state index in [-0.39, 0.29) is 17.5 Å². The first-order valence-electron chi connectivity index (χ1n) is 5.07. The third kappa shape index (κ3) is 3.06. The number of hydrogen-bond donors (Lipinski definition) is 1. The van der Waals surface area contributed by atoms with Gasteiger partial charge in [0.25, 0.3) is 5.88 Å². The van der Waals surface area contributed by atoms with Gasteiger partial charge in [-0.25, -0.2) is 4.98 Å². The minimum absolute atomic E-state index is 0.109. The van der Waals surface area contributed by atoms with E-state index in [1.165, 1.54) is 0 Å². The number of hydrogen-bond acceptors (Lipinski definition) is 4. The number of ether oxygens (including phenoxy) is 1. The molecular weight excluding hydrogens is 194 g/mol. The van der Waals surface area contributed by atoms with Crippen LogP contribution in [-0.4, -0.2) is 22.7 Å². The molecule has 0 spiro atoms. The van der Waals surface area contributed by atoms with Crippen molar-refractivity contribution >= 4 is 0 Å². The van der Waals surface area contributed by atoms with E-state index in [2.05, 4.69) is 4.98 Å². The van der Waals surface area contributed by atoms with Gasteiger partial charge < -0.3 is 15.0 Å². The van der Waals surface area contributed by atoms with Crippen LogP contribution in [0, 0.1) is 0 Å². The van der Waals surface area contributed by atoms with E-state index < -0.39 is 0 Å². The van der Waals surface area contributed by atoms with E-state index in [4.69, 9.17) is 10.5 Å². The van der Waals surface area contributed by atoms with Gasteiger partial charge >= 0.3 is 5.56 Å². The molecule has 0 fully saturated rings. The standard InChI is InChI=1S/C10H17N3O2/c1-8(2)13-6-5-12-9(10(13)14)15-7-3-4-11/h5-6,8H,3-4,7,11H2,1-2H3. The molecule has 2 N–H and O–H groups in total. The molecule has 0 radical (unpaired) electrons. The number of aromatic nitrogens is 2. The van der Waals surface area contributed by atoms with Gasteiger partial charge in [-0.15, -0.1) is 0 Å². The average molecular weight is 211 g/mol. The van der Waals surface area contributed by atoms with Gasteiger partial charge in [-0.05, 0) is 26.8 Å². The summed E-state index contributed by atoms with van der Waals surface area (Å²) < 4.78 is 6.83. The first-order chi connectivity index (χ1) is 7.16. The van der Waals surface area contributed by atoms with Crippen molar-refractivity contribution in [3.63, 3.8) is 0 Å². The molecule has 1 rings (SSSR count). The highest BCUT2D eigenvalue weighted by Crippen LogP contribution is 2.02. The predicted octanol–water partition coefficient (Wildman–Crippen LogP) is 0.552. The van der Waals surface area contributed by atoms with Gasteiger partial charge in [0.15, 0.2) is 0 Å². The summed E-state index contributed by atoms with van der Waals surface area (Å²) in [6.45, 7) is 4.85. The smallest absolute Gasteiger partial charge is 0.313 e. The van der Waals surface area contributed by atoms with Crippen molar-refractivity contribution in [2.75, 3.05) is 13.2 Å². The Hall–Kier alpha value is -1.36. The van der Waals surface area contributed by atoms with E-state index in [0.29, 0.717) is 13.2 Å². The molecule has 0 aromatic carbocycles. The van der Waals surface area contributed by atoms with Gasteiger partial charge in [0.1, 0.15) is 0 Å². The van der Waals surface area contributed by atoms with E-state index in [9.17, 15) is 4.79 Å². The monoisotopic (exact) mass is 211 g/mol. The van der Waals surface area contributed by atoms with Crippen molar-refractivity contribution in [2.24, 2.45) is 5.73 Å². The van der Waals surface area contributed by atoms with E-state index in [1.807, 2.05) is 13.8 Å². The fraction of sp³-hybridized carbons (Fsp3) is 0.600. The van der Waals surface area contributed by atoms with Crippen LogP contribution in [0.15, 0.2) is 17.2 Å². The van der Waals surface area contributed by atoms with Crippen LogP contribution in [0.25, 0.3) is 0 Å². The maximum atomic E-state index is 11.7. The molecular formula is C10H17N3O2. The Morgan fingerprint density at radius 3 is 2.93 bits per heavy atom. The van der Waals surface area contributed by atoms with Crippen molar-refractivity contribution in [1.82, 2.24) is 9.55 Å². The van der Waals surface area contributed by atoms with Gasteiger partial charge in [0, 0.05) is 18.4 Å². The Balaban J connectivity index is 2.81. The van der Waals surface area contributed by atoms with Crippen LogP contribution >= 0.6 is 0 Å². The Labute approximate surface area is 88.9 Å². The lowest BCUT2D eigenvalue weighted by atomic mass is 10.4. The van der Waals surface area contributed by atoms with E-state index in [0.717, 1.165) is 6.42 Å². The molecule has 0 aliphatic rings. The third-order valence-electron chi connectivity index (χ3n) is 1.98. The lowest BCUT2D eigenvalue weighted by Crippen LogP contribution is -2.24. The van der Waals surface area contributed by atoms with Crippen LogP contribution in [0.5, 0.6) is 5.88 Å². The second-order valence-electron chi connectivity index (χ2n) is 3.53. The van der Waals surface area contributed by atoms with Gasteiger partial charge in [-0.3, -0.25) is 4.79 Å². The molecule has 0 amide bonds. The van der Waals surface area contributed by atoms with Crippen LogP contribution in [-0.2, 0) is 0 Å². The lowest BCUT2D eigenvalue weighted by Gasteiger charge is -2.10. The van der Waals surface area contributed by atoms with Crippen LogP contribution in [0.1, 0.15) is 26.3 Å². The first kappa shape index (κ1) is 11.7. The Morgan fingerprint density at radius 1 is 1.60 bits per heavy atom. The second kappa shape index (κ2) is 5.50. The molecule has 1 aromatic heterocycles. The maximum absolute atomic E-state index is 11.7. The summed E-state index contributed by atoms with van der Waals surface area (Å²) in [7, 11) is 0. The largest absolute Gasteiger partial charge is 0.474 e. The molecule has 0 saturated heterocycles. The highest BCUT2D eigenvalue weighted by atomic mass is 16.5. The van der Waals surface area contributed by atoms with Crippen molar-refractivity contribution < 1.29 is 4.74 Å². The van der Waals surface area contributed by atoms with Crippen molar-refractivity contribution in [1.29, 1.82) is 0 Å². The molecule has 0 saturated carbocycles. The quantitative estimate of drug-likeness (QED) is 0.722. The zero-order valence-electron chi connectivity index (χ0n) is 9.14. The van der Waals surface area contributed by atoms with E-state index in [1.54, 1.807) is 17.0 Å². The maximum Gasteiger partial charge on any atom is 0.313 e. The predicted molar refractivity (Wildman–Crippen MR) is 58.0 cm³/mol. The number of nitrogens with two attached hydrogens (primary N) is 1. The van der Waals surface area contributed by atoms with Crippen LogP contribution in [0.2, 0.25) is 0 Å². The molecule has 5 heteroatoms. The van der Waals surface area contributed by atoms with Gasteiger partial charge in [-0.1, -0.05) is 0 Å². The molecule has 0 unspecified atom stereocenters. The zero-order valence-corrected chi connectivity index (χ0v) is 9.14.